The molecule has 1 fully saturated rings. The van der Waals surface area contributed by atoms with E-state index >= 15 is 0 Å². The molecule has 7 nitrogen and oxygen atoms in total. The van der Waals surface area contributed by atoms with Gasteiger partial charge in [-0.1, -0.05) is 26.0 Å². The van der Waals surface area contributed by atoms with Gasteiger partial charge in [-0.15, -0.1) is 0 Å². The first kappa shape index (κ1) is 17.5. The highest BCUT2D eigenvalue weighted by molar-refractivity contribution is 6.21. The number of hydrogen-bond donors (Lipinski definition) is 2. The predicted octanol–water partition coefficient (Wildman–Crippen LogP) is 2.46. The smallest absolute Gasteiger partial charge is 0.316 e. The van der Waals surface area contributed by atoms with Crippen molar-refractivity contribution < 1.29 is 19.5 Å². The van der Waals surface area contributed by atoms with Gasteiger partial charge in [0, 0.05) is 12.7 Å². The Kier molecular flexibility index (Phi) is 3.73. The fourth-order valence-electron chi connectivity index (χ4n) is 4.33. The average molecular weight is 367 g/mol. The molecule has 2 atom stereocenters. The Morgan fingerprint density at radius 2 is 1.93 bits per heavy atom. The topological polar surface area (TPSA) is 103 Å². The van der Waals surface area contributed by atoms with E-state index in [1.165, 1.54) is 11.2 Å². The van der Waals surface area contributed by atoms with E-state index in [4.69, 9.17) is 0 Å². The minimum atomic E-state index is -0.949. The molecule has 0 saturated heterocycles. The SMILES string of the molecule is CC(C)(C[C@H]1C[C@]1(C(=O)O)c1cnc[nH]1)CN1C(=O)c2ccccc2C1=O. The van der Waals surface area contributed by atoms with E-state index in [2.05, 4.69) is 9.97 Å². The number of carboxylic acids is 1. The van der Waals surface area contributed by atoms with Crippen LogP contribution in [-0.2, 0) is 10.2 Å². The lowest BCUT2D eigenvalue weighted by molar-refractivity contribution is -0.140. The number of nitrogens with one attached hydrogen (secondary N) is 1. The summed E-state index contributed by atoms with van der Waals surface area (Å²) in [6, 6.07) is 6.82. The number of nitrogens with zero attached hydrogens (tertiary/aromatic N) is 2. The number of amides is 2. The van der Waals surface area contributed by atoms with E-state index in [-0.39, 0.29) is 24.3 Å². The number of carboxylic acid groups (broad SMARTS) is 1. The van der Waals surface area contributed by atoms with Crippen LogP contribution < -0.4 is 0 Å². The molecule has 4 rings (SSSR count). The second-order valence-corrected chi connectivity index (χ2v) is 8.25. The number of imidazole rings is 1. The van der Waals surface area contributed by atoms with Gasteiger partial charge in [0.15, 0.2) is 0 Å². The van der Waals surface area contributed by atoms with Crippen LogP contribution in [0.4, 0.5) is 0 Å². The summed E-state index contributed by atoms with van der Waals surface area (Å²) in [6.45, 7) is 4.19. The summed E-state index contributed by atoms with van der Waals surface area (Å²) in [7, 11) is 0. The van der Waals surface area contributed by atoms with Crippen molar-refractivity contribution in [3.63, 3.8) is 0 Å². The fraction of sp³-hybridized carbons (Fsp3) is 0.400. The molecule has 0 spiro atoms. The monoisotopic (exact) mass is 367 g/mol. The number of H-pyrrole nitrogens is 1. The molecule has 0 unspecified atom stereocenters. The Hall–Kier alpha value is -2.96. The summed E-state index contributed by atoms with van der Waals surface area (Å²) >= 11 is 0. The Balaban J connectivity index is 1.50. The Morgan fingerprint density at radius 1 is 1.30 bits per heavy atom. The first-order chi connectivity index (χ1) is 12.8. The summed E-state index contributed by atoms with van der Waals surface area (Å²) < 4.78 is 0. The summed E-state index contributed by atoms with van der Waals surface area (Å²) in [6.07, 6.45) is 4.16. The number of aliphatic carboxylic acids is 1. The molecule has 1 saturated carbocycles. The second kappa shape index (κ2) is 5.77. The Morgan fingerprint density at radius 3 is 2.44 bits per heavy atom. The maximum Gasteiger partial charge on any atom is 0.316 e. The van der Waals surface area contributed by atoms with Crippen molar-refractivity contribution in [3.05, 3.63) is 53.6 Å². The van der Waals surface area contributed by atoms with Gasteiger partial charge in [0.05, 0.1) is 23.1 Å². The van der Waals surface area contributed by atoms with Crippen LogP contribution in [0.5, 0.6) is 0 Å². The van der Waals surface area contributed by atoms with Crippen LogP contribution in [-0.4, -0.2) is 44.3 Å². The van der Waals surface area contributed by atoms with Gasteiger partial charge in [0.1, 0.15) is 5.41 Å². The van der Waals surface area contributed by atoms with Crippen LogP contribution in [0.2, 0.25) is 0 Å². The van der Waals surface area contributed by atoms with Crippen LogP contribution in [0.25, 0.3) is 0 Å². The molecule has 1 aliphatic carbocycles. The molecule has 7 heteroatoms. The third-order valence-corrected chi connectivity index (χ3v) is 5.73. The van der Waals surface area contributed by atoms with E-state index in [9.17, 15) is 19.5 Å². The normalized spacial score (nSPS) is 24.2. The van der Waals surface area contributed by atoms with Crippen LogP contribution in [0.1, 0.15) is 53.1 Å². The average Bonchev–Trinajstić information content (AvgIpc) is 2.99. The zero-order chi connectivity index (χ0) is 19.4. The van der Waals surface area contributed by atoms with Gasteiger partial charge in [-0.2, -0.15) is 0 Å². The number of aromatic nitrogens is 2. The maximum atomic E-state index is 12.6. The molecule has 2 aromatic rings. The molecule has 2 amide bonds. The summed E-state index contributed by atoms with van der Waals surface area (Å²) in [5.41, 5.74) is 0.117. The van der Waals surface area contributed by atoms with Gasteiger partial charge in [-0.05, 0) is 36.3 Å². The molecular formula is C20H21N3O4. The van der Waals surface area contributed by atoms with Gasteiger partial charge in [0.2, 0.25) is 0 Å². The Bertz CT molecular complexity index is 899. The highest BCUT2D eigenvalue weighted by Crippen LogP contribution is 2.58. The van der Waals surface area contributed by atoms with Crippen LogP contribution in [0, 0.1) is 11.3 Å². The number of carbonyl (C=O) groups is 3. The molecule has 0 radical (unpaired) electrons. The van der Waals surface area contributed by atoms with E-state index in [0.717, 1.165) is 0 Å². The minimum Gasteiger partial charge on any atom is -0.481 e. The van der Waals surface area contributed by atoms with Gasteiger partial charge in [-0.3, -0.25) is 19.3 Å². The third kappa shape index (κ3) is 2.65. The summed E-state index contributed by atoms with van der Waals surface area (Å²) in [5.74, 6) is -1.50. The van der Waals surface area contributed by atoms with Gasteiger partial charge in [-0.25, -0.2) is 4.98 Å². The number of rotatable bonds is 6. The van der Waals surface area contributed by atoms with Crippen molar-refractivity contribution in [2.45, 2.75) is 32.1 Å². The Labute approximate surface area is 156 Å². The number of aromatic amines is 1. The highest BCUT2D eigenvalue weighted by Gasteiger charge is 2.63. The standard InChI is InChI=1S/C20H21N3O4/c1-19(2,7-12-8-20(12,18(26)27)15-9-21-11-22-15)10-23-16(24)13-5-3-4-6-14(13)17(23)25/h3-6,9,11-12H,7-8,10H2,1-2H3,(H,21,22)(H,26,27)/t12-,20+/m0/s1. The van der Waals surface area contributed by atoms with Crippen molar-refractivity contribution in [2.75, 3.05) is 6.54 Å². The molecule has 140 valence electrons. The molecule has 0 bridgehead atoms. The molecule has 2 heterocycles. The lowest BCUT2D eigenvalue weighted by Gasteiger charge is -2.30. The van der Waals surface area contributed by atoms with E-state index in [1.54, 1.807) is 30.5 Å². The van der Waals surface area contributed by atoms with Crippen LogP contribution in [0.3, 0.4) is 0 Å². The van der Waals surface area contributed by atoms with Gasteiger partial charge in [0.25, 0.3) is 11.8 Å². The molecule has 2 N–H and O–H groups in total. The quantitative estimate of drug-likeness (QED) is 0.764. The van der Waals surface area contributed by atoms with E-state index in [0.29, 0.717) is 29.7 Å². The number of benzene rings is 1. The summed E-state index contributed by atoms with van der Waals surface area (Å²) in [5, 5.41) is 9.76. The number of fused-ring (bicyclic) bond motifs is 1. The zero-order valence-corrected chi connectivity index (χ0v) is 15.2. The number of hydrogen-bond acceptors (Lipinski definition) is 4. The lowest BCUT2D eigenvalue weighted by Crippen LogP contribution is -2.39. The number of carbonyl (C=O) groups excluding carboxylic acids is 2. The van der Waals surface area contributed by atoms with Gasteiger partial charge < -0.3 is 10.1 Å². The van der Waals surface area contributed by atoms with Crippen molar-refractivity contribution in [3.8, 4) is 0 Å². The molecule has 27 heavy (non-hydrogen) atoms. The molecule has 1 aromatic heterocycles. The predicted molar refractivity (Wildman–Crippen MR) is 96.2 cm³/mol. The van der Waals surface area contributed by atoms with Gasteiger partial charge >= 0.3 is 5.97 Å². The molecule has 1 aromatic carbocycles. The molecule has 2 aliphatic rings. The first-order valence-electron chi connectivity index (χ1n) is 8.94. The maximum absolute atomic E-state index is 12.6. The third-order valence-electron chi connectivity index (χ3n) is 5.73. The highest BCUT2D eigenvalue weighted by atomic mass is 16.4. The summed E-state index contributed by atoms with van der Waals surface area (Å²) in [4.78, 5) is 45.3. The largest absolute Gasteiger partial charge is 0.481 e. The van der Waals surface area contributed by atoms with Crippen molar-refractivity contribution in [2.24, 2.45) is 11.3 Å². The second-order valence-electron chi connectivity index (χ2n) is 8.25. The minimum absolute atomic E-state index is 0.0689. The van der Waals surface area contributed by atoms with E-state index < -0.39 is 16.8 Å². The zero-order valence-electron chi connectivity index (χ0n) is 15.2. The van der Waals surface area contributed by atoms with Crippen molar-refractivity contribution in [1.29, 1.82) is 0 Å². The first-order valence-corrected chi connectivity index (χ1v) is 8.94. The van der Waals surface area contributed by atoms with Crippen LogP contribution >= 0.6 is 0 Å². The van der Waals surface area contributed by atoms with Crippen molar-refractivity contribution >= 4 is 17.8 Å². The molecular weight excluding hydrogens is 346 g/mol. The fourth-order valence-corrected chi connectivity index (χ4v) is 4.33. The van der Waals surface area contributed by atoms with Crippen LogP contribution in [0.15, 0.2) is 36.8 Å². The van der Waals surface area contributed by atoms with E-state index in [1.807, 2.05) is 13.8 Å². The number of imide groups is 1. The van der Waals surface area contributed by atoms with Crippen molar-refractivity contribution in [1.82, 2.24) is 14.9 Å². The lowest BCUT2D eigenvalue weighted by atomic mass is 9.83. The molecule has 1 aliphatic heterocycles.